The van der Waals surface area contributed by atoms with Gasteiger partial charge < -0.3 is 4.90 Å². The molecule has 1 heterocycles. The van der Waals surface area contributed by atoms with Gasteiger partial charge in [-0.15, -0.1) is 0 Å². The number of nitrogens with zero attached hydrogens (tertiary/aromatic N) is 2. The zero-order chi connectivity index (χ0) is 8.97. The smallest absolute Gasteiger partial charge is 0.243 e. The highest BCUT2D eigenvalue weighted by atomic mass is 16.5. The normalized spacial score (nSPS) is 21.5. The molecule has 0 saturated heterocycles. The molecule has 5 nitrogen and oxygen atoms in total. The molecule has 0 fully saturated rings. The van der Waals surface area contributed by atoms with Gasteiger partial charge in [0.25, 0.3) is 0 Å². The quantitative estimate of drug-likeness (QED) is 0.449. The molecule has 0 aromatic heterocycles. The second-order valence-corrected chi connectivity index (χ2v) is 2.87. The predicted octanol–water partition coefficient (Wildman–Crippen LogP) is -0.386. The van der Waals surface area contributed by atoms with E-state index in [-0.39, 0.29) is 5.91 Å². The Morgan fingerprint density at radius 2 is 2.67 bits per heavy atom. The Hall–Kier alpha value is -1.10. The maximum atomic E-state index is 10.7. The summed E-state index contributed by atoms with van der Waals surface area (Å²) in [6, 6.07) is 0.308. The first kappa shape index (κ1) is 8.99. The van der Waals surface area contributed by atoms with Gasteiger partial charge >= 0.3 is 0 Å². The number of carbonyl (C=O) groups is 1. The lowest BCUT2D eigenvalue weighted by atomic mass is 10.1. The van der Waals surface area contributed by atoms with Gasteiger partial charge in [0.2, 0.25) is 5.91 Å². The Kier molecular flexibility index (Phi) is 3.04. The van der Waals surface area contributed by atoms with Crippen molar-refractivity contribution in [1.29, 1.82) is 0 Å². The topological polar surface area (TPSA) is 64.9 Å². The molecule has 0 aromatic rings. The first-order valence-corrected chi connectivity index (χ1v) is 3.89. The lowest BCUT2D eigenvalue weighted by Crippen LogP contribution is -2.29. The van der Waals surface area contributed by atoms with Crippen LogP contribution < -0.4 is 5.48 Å². The van der Waals surface area contributed by atoms with E-state index in [0.29, 0.717) is 12.5 Å². The number of hydroxylamine groups is 1. The largest absolute Gasteiger partial charge is 0.361 e. The number of carbonyl (C=O) groups excluding carboxylic acids is 1. The van der Waals surface area contributed by atoms with Crippen LogP contribution in [0.4, 0.5) is 0 Å². The number of nitrogens with one attached hydrogen (secondary N) is 1. The molecule has 1 atom stereocenters. The molecular weight excluding hydrogens is 158 g/mol. The van der Waals surface area contributed by atoms with E-state index < -0.39 is 0 Å². The third kappa shape index (κ3) is 2.20. The molecule has 0 radical (unpaired) electrons. The van der Waals surface area contributed by atoms with Crippen LogP contribution in [0.5, 0.6) is 0 Å². The van der Waals surface area contributed by atoms with Crippen LogP contribution in [0.25, 0.3) is 0 Å². The summed E-state index contributed by atoms with van der Waals surface area (Å²) in [5, 5.41) is 8.23. The summed E-state index contributed by atoms with van der Waals surface area (Å²) in [7, 11) is 1.93. The number of hydrogen-bond acceptors (Lipinski definition) is 4. The van der Waals surface area contributed by atoms with Crippen molar-refractivity contribution in [2.24, 2.45) is 4.99 Å². The average Bonchev–Trinajstić information content (AvgIpc) is 2.47. The van der Waals surface area contributed by atoms with Gasteiger partial charge in [-0.1, -0.05) is 0 Å². The van der Waals surface area contributed by atoms with Gasteiger partial charge in [-0.3, -0.25) is 15.0 Å². The second-order valence-electron chi connectivity index (χ2n) is 2.87. The van der Waals surface area contributed by atoms with Crippen LogP contribution in [-0.2, 0) is 4.79 Å². The Labute approximate surface area is 71.0 Å². The summed E-state index contributed by atoms with van der Waals surface area (Å²) >= 11 is 0. The van der Waals surface area contributed by atoms with Gasteiger partial charge in [-0.05, 0) is 6.42 Å². The van der Waals surface area contributed by atoms with Crippen LogP contribution in [0.3, 0.4) is 0 Å². The van der Waals surface area contributed by atoms with Crippen molar-refractivity contribution in [3.05, 3.63) is 0 Å². The molecule has 1 amide bonds. The van der Waals surface area contributed by atoms with Crippen LogP contribution in [0.1, 0.15) is 12.8 Å². The second kappa shape index (κ2) is 4.06. The van der Waals surface area contributed by atoms with Crippen molar-refractivity contribution in [3.8, 4) is 0 Å². The highest BCUT2D eigenvalue weighted by molar-refractivity contribution is 5.74. The van der Waals surface area contributed by atoms with Crippen molar-refractivity contribution < 1.29 is 10.0 Å². The predicted molar refractivity (Wildman–Crippen MR) is 44.1 cm³/mol. The van der Waals surface area contributed by atoms with Crippen LogP contribution in [0.2, 0.25) is 0 Å². The van der Waals surface area contributed by atoms with Gasteiger partial charge in [0.05, 0.1) is 12.9 Å². The highest BCUT2D eigenvalue weighted by Gasteiger charge is 2.17. The van der Waals surface area contributed by atoms with Gasteiger partial charge in [-0.2, -0.15) is 0 Å². The van der Waals surface area contributed by atoms with Crippen molar-refractivity contribution in [1.82, 2.24) is 10.4 Å². The molecule has 5 heteroatoms. The fourth-order valence-corrected chi connectivity index (χ4v) is 1.17. The monoisotopic (exact) mass is 171 g/mol. The molecule has 0 aromatic carbocycles. The Morgan fingerprint density at radius 3 is 3.17 bits per heavy atom. The molecule has 0 saturated carbocycles. The summed E-state index contributed by atoms with van der Waals surface area (Å²) in [6.07, 6.45) is 2.83. The summed E-state index contributed by atoms with van der Waals surface area (Å²) in [4.78, 5) is 16.7. The van der Waals surface area contributed by atoms with Gasteiger partial charge in [0.1, 0.15) is 0 Å². The molecule has 12 heavy (non-hydrogen) atoms. The van der Waals surface area contributed by atoms with Crippen molar-refractivity contribution in [2.45, 2.75) is 18.9 Å². The Balaban J connectivity index is 2.20. The summed E-state index contributed by atoms with van der Waals surface area (Å²) < 4.78 is 0. The van der Waals surface area contributed by atoms with E-state index in [1.165, 1.54) is 0 Å². The fourth-order valence-electron chi connectivity index (χ4n) is 1.17. The van der Waals surface area contributed by atoms with Crippen molar-refractivity contribution in [3.63, 3.8) is 0 Å². The summed E-state index contributed by atoms with van der Waals surface area (Å²) in [5.74, 6) is -0.338. The minimum atomic E-state index is -0.338. The van der Waals surface area contributed by atoms with Crippen molar-refractivity contribution >= 4 is 12.2 Å². The number of rotatable bonds is 3. The lowest BCUT2D eigenvalue weighted by Gasteiger charge is -2.17. The number of amides is 1. The van der Waals surface area contributed by atoms with Crippen molar-refractivity contribution in [2.75, 3.05) is 13.6 Å². The van der Waals surface area contributed by atoms with E-state index >= 15 is 0 Å². The molecule has 1 rings (SSSR count). The van der Waals surface area contributed by atoms with Gasteiger partial charge in [0.15, 0.2) is 0 Å². The highest BCUT2D eigenvalue weighted by Crippen LogP contribution is 2.08. The number of likely N-dealkylation sites (N-methyl/N-ethyl adjacent to an activating group) is 1. The first-order valence-electron chi connectivity index (χ1n) is 3.89. The molecule has 1 aliphatic heterocycles. The zero-order valence-electron chi connectivity index (χ0n) is 7.03. The van der Waals surface area contributed by atoms with E-state index in [0.717, 1.165) is 13.0 Å². The third-order valence-corrected chi connectivity index (χ3v) is 1.99. The van der Waals surface area contributed by atoms with Crippen LogP contribution in [0.15, 0.2) is 4.99 Å². The SMILES string of the molecule is CN1C=NCC1CCC(=O)NO. The van der Waals surface area contributed by atoms with E-state index in [1.807, 2.05) is 11.9 Å². The summed E-state index contributed by atoms with van der Waals surface area (Å²) in [5.41, 5.74) is 1.61. The minimum Gasteiger partial charge on any atom is -0.361 e. The molecule has 2 N–H and O–H groups in total. The molecular formula is C7H13N3O2. The standard InChI is InChI=1S/C7H13N3O2/c1-10-5-8-4-6(10)2-3-7(11)9-12/h5-6,12H,2-4H2,1H3,(H,9,11). The Morgan fingerprint density at radius 1 is 1.92 bits per heavy atom. The number of aliphatic imine (C=N–C) groups is 1. The van der Waals surface area contributed by atoms with Crippen LogP contribution >= 0.6 is 0 Å². The maximum absolute atomic E-state index is 10.7. The Bertz CT molecular complexity index is 193. The number of hydrogen-bond donors (Lipinski definition) is 2. The molecule has 1 aliphatic rings. The molecule has 0 aliphatic carbocycles. The van der Waals surface area contributed by atoms with E-state index in [2.05, 4.69) is 4.99 Å². The maximum Gasteiger partial charge on any atom is 0.243 e. The van der Waals surface area contributed by atoms with Crippen LogP contribution in [0, 0.1) is 0 Å². The zero-order valence-corrected chi connectivity index (χ0v) is 7.03. The van der Waals surface area contributed by atoms with Crippen LogP contribution in [-0.4, -0.2) is 42.0 Å². The van der Waals surface area contributed by atoms with E-state index in [9.17, 15) is 4.79 Å². The molecule has 1 unspecified atom stereocenters. The molecule has 68 valence electrons. The third-order valence-electron chi connectivity index (χ3n) is 1.99. The molecule has 0 bridgehead atoms. The average molecular weight is 171 g/mol. The lowest BCUT2D eigenvalue weighted by molar-refractivity contribution is -0.129. The fraction of sp³-hybridized carbons (Fsp3) is 0.714. The van der Waals surface area contributed by atoms with Gasteiger partial charge in [-0.25, -0.2) is 5.48 Å². The molecule has 0 spiro atoms. The van der Waals surface area contributed by atoms with Gasteiger partial charge in [0, 0.05) is 19.5 Å². The summed E-state index contributed by atoms with van der Waals surface area (Å²) in [6.45, 7) is 0.745. The minimum absolute atomic E-state index is 0.308. The van der Waals surface area contributed by atoms with E-state index in [1.54, 1.807) is 11.8 Å². The first-order chi connectivity index (χ1) is 5.74. The van der Waals surface area contributed by atoms with E-state index in [4.69, 9.17) is 5.21 Å².